The number of carbonyl (C=O) groups excluding carboxylic acids is 1. The van der Waals surface area contributed by atoms with Crippen LogP contribution in [0.15, 0.2) is 42.6 Å². The SMILES string of the molecule is Cc1cccc(C)c1CC(=O)Cc1ccccn1. The van der Waals surface area contributed by atoms with Gasteiger partial charge in [-0.15, -0.1) is 0 Å². The van der Waals surface area contributed by atoms with Crippen LogP contribution >= 0.6 is 0 Å². The molecule has 0 spiro atoms. The van der Waals surface area contributed by atoms with Crippen LogP contribution in [0.4, 0.5) is 0 Å². The van der Waals surface area contributed by atoms with Gasteiger partial charge in [0.15, 0.2) is 0 Å². The molecule has 2 heteroatoms. The van der Waals surface area contributed by atoms with Gasteiger partial charge < -0.3 is 0 Å². The molecule has 0 saturated heterocycles. The predicted octanol–water partition coefficient (Wildman–Crippen LogP) is 3.05. The normalized spacial score (nSPS) is 10.3. The van der Waals surface area contributed by atoms with Gasteiger partial charge in [0.2, 0.25) is 0 Å². The predicted molar refractivity (Wildman–Crippen MR) is 72.6 cm³/mol. The molecule has 0 bridgehead atoms. The van der Waals surface area contributed by atoms with Crippen LogP contribution in [-0.2, 0) is 17.6 Å². The third kappa shape index (κ3) is 3.04. The maximum Gasteiger partial charge on any atom is 0.143 e. The lowest BCUT2D eigenvalue weighted by Crippen LogP contribution is -2.09. The van der Waals surface area contributed by atoms with E-state index in [2.05, 4.69) is 31.0 Å². The number of ketones is 1. The monoisotopic (exact) mass is 239 g/mol. The van der Waals surface area contributed by atoms with Gasteiger partial charge in [0.05, 0.1) is 0 Å². The standard InChI is InChI=1S/C16H17NO/c1-12-6-5-7-13(2)16(12)11-15(18)10-14-8-3-4-9-17-14/h3-9H,10-11H2,1-2H3. The van der Waals surface area contributed by atoms with Gasteiger partial charge in [-0.2, -0.15) is 0 Å². The zero-order valence-electron chi connectivity index (χ0n) is 10.8. The highest BCUT2D eigenvalue weighted by molar-refractivity contribution is 5.83. The summed E-state index contributed by atoms with van der Waals surface area (Å²) in [6, 6.07) is 11.8. The van der Waals surface area contributed by atoms with E-state index in [9.17, 15) is 4.79 Å². The van der Waals surface area contributed by atoms with E-state index in [-0.39, 0.29) is 5.78 Å². The second kappa shape index (κ2) is 5.58. The van der Waals surface area contributed by atoms with E-state index in [0.717, 1.165) is 11.3 Å². The van der Waals surface area contributed by atoms with Gasteiger partial charge in [-0.1, -0.05) is 24.3 Å². The van der Waals surface area contributed by atoms with Crippen LogP contribution in [0.2, 0.25) is 0 Å². The highest BCUT2D eigenvalue weighted by Crippen LogP contribution is 2.14. The molecule has 0 amide bonds. The topological polar surface area (TPSA) is 30.0 Å². The van der Waals surface area contributed by atoms with Crippen molar-refractivity contribution in [2.75, 3.05) is 0 Å². The Morgan fingerprint density at radius 3 is 2.33 bits per heavy atom. The quantitative estimate of drug-likeness (QED) is 0.820. The zero-order chi connectivity index (χ0) is 13.0. The van der Waals surface area contributed by atoms with Gasteiger partial charge in [-0.3, -0.25) is 9.78 Å². The fourth-order valence-electron chi connectivity index (χ4n) is 2.09. The molecule has 0 fully saturated rings. The first-order valence-electron chi connectivity index (χ1n) is 6.13. The molecule has 0 aliphatic carbocycles. The van der Waals surface area contributed by atoms with Crippen LogP contribution in [0.25, 0.3) is 0 Å². The van der Waals surface area contributed by atoms with Gasteiger partial charge in [-0.05, 0) is 42.7 Å². The summed E-state index contributed by atoms with van der Waals surface area (Å²) in [4.78, 5) is 16.2. The van der Waals surface area contributed by atoms with Crippen molar-refractivity contribution in [1.29, 1.82) is 0 Å². The van der Waals surface area contributed by atoms with Gasteiger partial charge >= 0.3 is 0 Å². The van der Waals surface area contributed by atoms with Crippen molar-refractivity contribution in [3.8, 4) is 0 Å². The largest absolute Gasteiger partial charge is 0.299 e. The second-order valence-electron chi connectivity index (χ2n) is 4.58. The lowest BCUT2D eigenvalue weighted by atomic mass is 9.97. The minimum absolute atomic E-state index is 0.214. The molecule has 0 atom stereocenters. The maximum absolute atomic E-state index is 12.0. The van der Waals surface area contributed by atoms with Gasteiger partial charge in [0.25, 0.3) is 0 Å². The minimum Gasteiger partial charge on any atom is -0.299 e. The van der Waals surface area contributed by atoms with Crippen molar-refractivity contribution >= 4 is 5.78 Å². The summed E-state index contributed by atoms with van der Waals surface area (Å²) in [5.74, 6) is 0.214. The smallest absolute Gasteiger partial charge is 0.143 e. The van der Waals surface area contributed by atoms with E-state index in [1.54, 1.807) is 6.20 Å². The van der Waals surface area contributed by atoms with E-state index in [4.69, 9.17) is 0 Å². The fraction of sp³-hybridized carbons (Fsp3) is 0.250. The van der Waals surface area contributed by atoms with Crippen molar-refractivity contribution in [2.24, 2.45) is 0 Å². The second-order valence-corrected chi connectivity index (χ2v) is 4.58. The number of rotatable bonds is 4. The molecule has 2 nitrogen and oxygen atoms in total. The minimum atomic E-state index is 0.214. The Morgan fingerprint density at radius 2 is 1.72 bits per heavy atom. The molecule has 18 heavy (non-hydrogen) atoms. The highest BCUT2D eigenvalue weighted by Gasteiger charge is 2.09. The molecule has 0 saturated carbocycles. The first-order valence-corrected chi connectivity index (χ1v) is 6.13. The number of hydrogen-bond acceptors (Lipinski definition) is 2. The van der Waals surface area contributed by atoms with Crippen LogP contribution in [0.1, 0.15) is 22.4 Å². The molecule has 1 aromatic carbocycles. The first-order chi connectivity index (χ1) is 8.66. The average Bonchev–Trinajstić information content (AvgIpc) is 2.35. The van der Waals surface area contributed by atoms with E-state index < -0.39 is 0 Å². The number of nitrogens with zero attached hydrogens (tertiary/aromatic N) is 1. The number of hydrogen-bond donors (Lipinski definition) is 0. The van der Waals surface area contributed by atoms with Gasteiger partial charge in [0.1, 0.15) is 5.78 Å². The molecule has 0 radical (unpaired) electrons. The number of pyridine rings is 1. The van der Waals surface area contributed by atoms with Crippen molar-refractivity contribution < 1.29 is 4.79 Å². The van der Waals surface area contributed by atoms with Crippen LogP contribution in [0, 0.1) is 13.8 Å². The number of aromatic nitrogens is 1. The Kier molecular flexibility index (Phi) is 3.88. The van der Waals surface area contributed by atoms with Crippen molar-refractivity contribution in [3.05, 3.63) is 65.0 Å². The first kappa shape index (κ1) is 12.5. The fourth-order valence-corrected chi connectivity index (χ4v) is 2.09. The lowest BCUT2D eigenvalue weighted by Gasteiger charge is -2.08. The molecule has 1 heterocycles. The summed E-state index contributed by atoms with van der Waals surface area (Å²) >= 11 is 0. The summed E-state index contributed by atoms with van der Waals surface area (Å²) in [5, 5.41) is 0. The molecular formula is C16H17NO. The number of aryl methyl sites for hydroxylation is 2. The van der Waals surface area contributed by atoms with Gasteiger partial charge in [-0.25, -0.2) is 0 Å². The molecule has 2 rings (SSSR count). The van der Waals surface area contributed by atoms with Crippen molar-refractivity contribution in [3.63, 3.8) is 0 Å². The summed E-state index contributed by atoms with van der Waals surface area (Å²) in [6.45, 7) is 4.10. The van der Waals surface area contributed by atoms with E-state index in [0.29, 0.717) is 12.8 Å². The Balaban J connectivity index is 2.08. The van der Waals surface area contributed by atoms with Crippen LogP contribution in [-0.4, -0.2) is 10.8 Å². The van der Waals surface area contributed by atoms with Gasteiger partial charge in [0, 0.05) is 24.7 Å². The molecule has 0 unspecified atom stereocenters. The van der Waals surface area contributed by atoms with E-state index in [1.165, 1.54) is 11.1 Å². The summed E-state index contributed by atoms with van der Waals surface area (Å²) in [7, 11) is 0. The molecule has 0 N–H and O–H groups in total. The molecule has 92 valence electrons. The Morgan fingerprint density at radius 1 is 1.00 bits per heavy atom. The summed E-state index contributed by atoms with van der Waals surface area (Å²) in [5.41, 5.74) is 4.36. The van der Waals surface area contributed by atoms with Crippen LogP contribution < -0.4 is 0 Å². The summed E-state index contributed by atoms with van der Waals surface area (Å²) < 4.78 is 0. The maximum atomic E-state index is 12.0. The molecule has 0 aliphatic rings. The van der Waals surface area contributed by atoms with Crippen molar-refractivity contribution in [2.45, 2.75) is 26.7 Å². The molecular weight excluding hydrogens is 222 g/mol. The highest BCUT2D eigenvalue weighted by atomic mass is 16.1. The van der Waals surface area contributed by atoms with E-state index in [1.807, 2.05) is 24.3 Å². The van der Waals surface area contributed by atoms with Crippen molar-refractivity contribution in [1.82, 2.24) is 4.98 Å². The Hall–Kier alpha value is -1.96. The average molecular weight is 239 g/mol. The van der Waals surface area contributed by atoms with Crippen LogP contribution in [0.3, 0.4) is 0 Å². The third-order valence-electron chi connectivity index (χ3n) is 3.12. The zero-order valence-corrected chi connectivity index (χ0v) is 10.8. The summed E-state index contributed by atoms with van der Waals surface area (Å²) in [6.07, 6.45) is 2.63. The molecule has 0 aliphatic heterocycles. The van der Waals surface area contributed by atoms with E-state index >= 15 is 0 Å². The van der Waals surface area contributed by atoms with Crippen LogP contribution in [0.5, 0.6) is 0 Å². The third-order valence-corrected chi connectivity index (χ3v) is 3.12. The lowest BCUT2D eigenvalue weighted by molar-refractivity contribution is -0.117. The number of carbonyl (C=O) groups is 1. The number of benzene rings is 1. The molecule has 2 aromatic rings. The Bertz CT molecular complexity index is 526. The molecule has 1 aromatic heterocycles. The number of Topliss-reactive ketones (excluding diaryl/α,β-unsaturated/α-hetero) is 1. The Labute approximate surface area is 108 Å².